The Kier molecular flexibility index (Phi) is 6.70. The van der Waals surface area contributed by atoms with Crippen LogP contribution in [0, 0.1) is 0 Å². The van der Waals surface area contributed by atoms with Crippen molar-refractivity contribution in [2.24, 2.45) is 4.99 Å². The van der Waals surface area contributed by atoms with E-state index >= 15 is 0 Å². The average Bonchev–Trinajstić information content (AvgIpc) is 3.10. The molecule has 1 aromatic heterocycles. The molecule has 0 fully saturated rings. The number of hydrogen-bond acceptors (Lipinski definition) is 2. The molecule has 2 aromatic rings. The van der Waals surface area contributed by atoms with Crippen molar-refractivity contribution in [1.29, 1.82) is 0 Å². The third kappa shape index (κ3) is 4.60. The normalized spacial score (nSPS) is 14.9. The van der Waals surface area contributed by atoms with Crippen molar-refractivity contribution in [3.63, 3.8) is 0 Å². The minimum absolute atomic E-state index is 0. The Morgan fingerprint density at radius 2 is 2.04 bits per heavy atom. The van der Waals surface area contributed by atoms with Crippen molar-refractivity contribution in [3.8, 4) is 0 Å². The number of nitrogens with one attached hydrogen (secondary N) is 1. The SMILES string of the molecule is CN=C(NCc1ccco1)N1CC=C(c2ccccc2)CC1.I. The van der Waals surface area contributed by atoms with E-state index in [-0.39, 0.29) is 24.0 Å². The van der Waals surface area contributed by atoms with Crippen LogP contribution in [0.1, 0.15) is 17.7 Å². The summed E-state index contributed by atoms with van der Waals surface area (Å²) in [4.78, 5) is 6.63. The van der Waals surface area contributed by atoms with Gasteiger partial charge in [0, 0.05) is 20.1 Å². The lowest BCUT2D eigenvalue weighted by molar-refractivity contribution is 0.431. The van der Waals surface area contributed by atoms with Crippen LogP contribution in [0.15, 0.2) is 64.2 Å². The van der Waals surface area contributed by atoms with Crippen LogP contribution in [-0.2, 0) is 6.54 Å². The zero-order valence-corrected chi connectivity index (χ0v) is 15.6. The maximum absolute atomic E-state index is 5.34. The lowest BCUT2D eigenvalue weighted by Crippen LogP contribution is -2.43. The standard InChI is InChI=1S/C18H21N3O.HI/c1-19-18(20-14-17-8-5-13-22-17)21-11-9-16(10-12-21)15-6-3-2-4-7-15;/h2-9,13H,10-12,14H2,1H3,(H,19,20);1H. The van der Waals surface area contributed by atoms with Gasteiger partial charge in [0.1, 0.15) is 5.76 Å². The van der Waals surface area contributed by atoms with Crippen LogP contribution < -0.4 is 5.32 Å². The monoisotopic (exact) mass is 423 g/mol. The number of furan rings is 1. The van der Waals surface area contributed by atoms with Crippen LogP contribution in [0.25, 0.3) is 5.57 Å². The van der Waals surface area contributed by atoms with Gasteiger partial charge in [-0.25, -0.2) is 0 Å². The lowest BCUT2D eigenvalue weighted by Gasteiger charge is -2.29. The van der Waals surface area contributed by atoms with Crippen LogP contribution in [0.2, 0.25) is 0 Å². The van der Waals surface area contributed by atoms with Gasteiger partial charge in [0.25, 0.3) is 0 Å². The number of aliphatic imine (C=N–C) groups is 1. The Hall–Kier alpha value is -1.76. The summed E-state index contributed by atoms with van der Waals surface area (Å²) >= 11 is 0. The van der Waals surface area contributed by atoms with Crippen molar-refractivity contribution < 1.29 is 4.42 Å². The highest BCUT2D eigenvalue weighted by Crippen LogP contribution is 2.21. The molecule has 0 radical (unpaired) electrons. The van der Waals surface area contributed by atoms with Gasteiger partial charge in [-0.05, 0) is 29.7 Å². The molecular formula is C18H22IN3O. The zero-order chi connectivity index (χ0) is 15.2. The fraction of sp³-hybridized carbons (Fsp3) is 0.278. The molecule has 1 aliphatic heterocycles. The predicted molar refractivity (Wildman–Crippen MR) is 105 cm³/mol. The summed E-state index contributed by atoms with van der Waals surface area (Å²) in [6, 6.07) is 14.4. The molecule has 0 bridgehead atoms. The molecule has 5 heteroatoms. The third-order valence-electron chi connectivity index (χ3n) is 3.87. The minimum Gasteiger partial charge on any atom is -0.467 e. The second-order valence-corrected chi connectivity index (χ2v) is 5.27. The van der Waals surface area contributed by atoms with E-state index in [2.05, 4.69) is 51.6 Å². The molecule has 1 aliphatic rings. The Morgan fingerprint density at radius 3 is 2.65 bits per heavy atom. The quantitative estimate of drug-likeness (QED) is 0.465. The molecule has 1 N–H and O–H groups in total. The van der Waals surface area contributed by atoms with Crippen molar-refractivity contribution in [1.82, 2.24) is 10.2 Å². The van der Waals surface area contributed by atoms with Gasteiger partial charge >= 0.3 is 0 Å². The molecule has 0 unspecified atom stereocenters. The van der Waals surface area contributed by atoms with E-state index in [1.807, 2.05) is 19.2 Å². The van der Waals surface area contributed by atoms with Gasteiger partial charge < -0.3 is 14.6 Å². The second kappa shape index (κ2) is 8.76. The molecule has 0 amide bonds. The van der Waals surface area contributed by atoms with Crippen molar-refractivity contribution in [2.45, 2.75) is 13.0 Å². The fourth-order valence-electron chi connectivity index (χ4n) is 2.69. The summed E-state index contributed by atoms with van der Waals surface area (Å²) in [6.45, 7) is 2.51. The van der Waals surface area contributed by atoms with Crippen LogP contribution in [0.5, 0.6) is 0 Å². The van der Waals surface area contributed by atoms with Crippen LogP contribution in [0.4, 0.5) is 0 Å². The first kappa shape index (κ1) is 17.6. The Labute approximate surface area is 154 Å². The largest absolute Gasteiger partial charge is 0.467 e. The fourth-order valence-corrected chi connectivity index (χ4v) is 2.69. The summed E-state index contributed by atoms with van der Waals surface area (Å²) in [6.07, 6.45) is 5.01. The van der Waals surface area contributed by atoms with Crippen LogP contribution in [-0.4, -0.2) is 31.0 Å². The molecule has 2 heterocycles. The van der Waals surface area contributed by atoms with E-state index in [0.29, 0.717) is 6.54 Å². The van der Waals surface area contributed by atoms with Crippen LogP contribution in [0.3, 0.4) is 0 Å². The van der Waals surface area contributed by atoms with Gasteiger partial charge in [-0.1, -0.05) is 36.4 Å². The molecule has 4 nitrogen and oxygen atoms in total. The zero-order valence-electron chi connectivity index (χ0n) is 13.2. The predicted octanol–water partition coefficient (Wildman–Crippen LogP) is 3.76. The highest BCUT2D eigenvalue weighted by atomic mass is 127. The van der Waals surface area contributed by atoms with E-state index < -0.39 is 0 Å². The number of hydrogen-bond donors (Lipinski definition) is 1. The molecule has 3 rings (SSSR count). The Morgan fingerprint density at radius 1 is 1.22 bits per heavy atom. The van der Waals surface area contributed by atoms with Gasteiger partial charge in [0.15, 0.2) is 5.96 Å². The minimum atomic E-state index is 0. The van der Waals surface area contributed by atoms with Crippen LogP contribution >= 0.6 is 24.0 Å². The van der Waals surface area contributed by atoms with Gasteiger partial charge in [0.05, 0.1) is 12.8 Å². The molecule has 0 saturated heterocycles. The molecule has 1 aromatic carbocycles. The number of benzene rings is 1. The van der Waals surface area contributed by atoms with Crippen molar-refractivity contribution in [2.75, 3.05) is 20.1 Å². The lowest BCUT2D eigenvalue weighted by atomic mass is 10.00. The van der Waals surface area contributed by atoms with E-state index in [1.54, 1.807) is 6.26 Å². The Balaban J connectivity index is 0.00000192. The maximum Gasteiger partial charge on any atom is 0.194 e. The number of rotatable bonds is 3. The topological polar surface area (TPSA) is 40.8 Å². The highest BCUT2D eigenvalue weighted by molar-refractivity contribution is 14.0. The second-order valence-electron chi connectivity index (χ2n) is 5.27. The van der Waals surface area contributed by atoms with Gasteiger partial charge in [0.2, 0.25) is 0 Å². The number of guanidine groups is 1. The van der Waals surface area contributed by atoms with E-state index in [0.717, 1.165) is 31.2 Å². The maximum atomic E-state index is 5.34. The molecule has 0 atom stereocenters. The average molecular weight is 423 g/mol. The molecule has 0 aliphatic carbocycles. The molecular weight excluding hydrogens is 401 g/mol. The summed E-state index contributed by atoms with van der Waals surface area (Å²) in [5, 5.41) is 3.35. The summed E-state index contributed by atoms with van der Waals surface area (Å²) < 4.78 is 5.34. The smallest absolute Gasteiger partial charge is 0.194 e. The van der Waals surface area contributed by atoms with Gasteiger partial charge in [-0.15, -0.1) is 24.0 Å². The first-order valence-electron chi connectivity index (χ1n) is 7.59. The number of halogens is 1. The molecule has 0 spiro atoms. The summed E-state index contributed by atoms with van der Waals surface area (Å²) in [5.41, 5.74) is 2.74. The molecule has 0 saturated carbocycles. The van der Waals surface area contributed by atoms with Gasteiger partial charge in [-0.3, -0.25) is 4.99 Å². The number of nitrogens with zero attached hydrogens (tertiary/aromatic N) is 2. The highest BCUT2D eigenvalue weighted by Gasteiger charge is 2.16. The van der Waals surface area contributed by atoms with E-state index in [9.17, 15) is 0 Å². The molecule has 23 heavy (non-hydrogen) atoms. The first-order valence-corrected chi connectivity index (χ1v) is 7.59. The Bertz CT molecular complexity index is 650. The first-order chi connectivity index (χ1) is 10.9. The van der Waals surface area contributed by atoms with E-state index in [4.69, 9.17) is 4.42 Å². The summed E-state index contributed by atoms with van der Waals surface area (Å²) in [7, 11) is 1.82. The third-order valence-corrected chi connectivity index (χ3v) is 3.87. The van der Waals surface area contributed by atoms with Gasteiger partial charge in [-0.2, -0.15) is 0 Å². The molecule has 122 valence electrons. The van der Waals surface area contributed by atoms with E-state index in [1.165, 1.54) is 11.1 Å². The van der Waals surface area contributed by atoms with Crippen molar-refractivity contribution >= 4 is 35.5 Å². The van der Waals surface area contributed by atoms with Crippen molar-refractivity contribution in [3.05, 3.63) is 66.1 Å². The summed E-state index contributed by atoms with van der Waals surface area (Å²) in [5.74, 6) is 1.83.